The molecule has 11 aromatic carbocycles. The third kappa shape index (κ3) is 6.31. The number of hydrogen-bond donors (Lipinski definition) is 0. The van der Waals surface area contributed by atoms with Gasteiger partial charge in [0.1, 0.15) is 33.5 Å². The maximum Gasteiger partial charge on any atom is 0.164 e. The summed E-state index contributed by atoms with van der Waals surface area (Å²) in [6, 6.07) is 87.8. The van der Waals surface area contributed by atoms with E-state index in [0.29, 0.717) is 17.5 Å². The Morgan fingerprint density at radius 1 is 0.250 bits per heavy atom. The molecule has 0 N–H and O–H groups in total. The lowest BCUT2D eigenvalue weighted by Gasteiger charge is -2.34. The first kappa shape index (κ1) is 42.3. The van der Waals surface area contributed by atoms with Crippen LogP contribution in [0.25, 0.3) is 133 Å². The van der Waals surface area contributed by atoms with Gasteiger partial charge in [-0.25, -0.2) is 15.0 Å². The second-order valence-corrected chi connectivity index (χ2v) is 19.7. The fraction of sp³-hybridized carbons (Fsp3) is 0.0143. The van der Waals surface area contributed by atoms with Crippen LogP contribution in [-0.4, -0.2) is 15.0 Å². The summed E-state index contributed by atoms with van der Waals surface area (Å²) in [5.74, 6) is 1.62. The lowest BCUT2D eigenvalue weighted by atomic mass is 9.67. The summed E-state index contributed by atoms with van der Waals surface area (Å²) in [4.78, 5) is 15.9. The molecule has 0 atom stereocenters. The van der Waals surface area contributed by atoms with Gasteiger partial charge in [0, 0.05) is 49.0 Å². The van der Waals surface area contributed by atoms with Crippen molar-refractivity contribution < 1.29 is 13.3 Å². The van der Waals surface area contributed by atoms with Crippen LogP contribution in [0, 0.1) is 0 Å². The largest absolute Gasteiger partial charge is 0.456 e. The van der Waals surface area contributed by atoms with Gasteiger partial charge in [0.15, 0.2) is 17.5 Å². The highest BCUT2D eigenvalue weighted by Crippen LogP contribution is 2.57. The Labute approximate surface area is 435 Å². The molecular weight excluding hydrogens is 931 g/mol. The standard InChI is InChI=1S/C70H41N3O3/c1-3-15-47(16-4-1)70(48-17-5-2-6-18-48)57-24-10-7-19-49(57)50-36-33-45(41-58(50)70)43-31-29-42(30-32-43)44-34-37-62-56(39-44)66-54(23-14-28-64(66)76-62)69-72-67(46-35-38-61-55(40-46)51-20-8-11-25-59(51)74-61)71-68(73-69)53-22-13-27-63-65(53)52-21-9-12-26-60(52)75-63/h1-41H. The molecule has 16 rings (SSSR count). The Morgan fingerprint density at radius 3 is 1.37 bits per heavy atom. The summed E-state index contributed by atoms with van der Waals surface area (Å²) in [5, 5.41) is 5.89. The third-order valence-corrected chi connectivity index (χ3v) is 15.7. The zero-order chi connectivity index (χ0) is 49.9. The molecule has 0 amide bonds. The number of fused-ring (bicyclic) bond motifs is 12. The number of nitrogens with zero attached hydrogens (tertiary/aromatic N) is 3. The normalized spacial score (nSPS) is 12.8. The predicted molar refractivity (Wildman–Crippen MR) is 306 cm³/mol. The lowest BCUT2D eigenvalue weighted by molar-refractivity contribution is 0.668. The van der Waals surface area contributed by atoms with Crippen molar-refractivity contribution in [2.75, 3.05) is 0 Å². The van der Waals surface area contributed by atoms with E-state index < -0.39 is 5.41 Å². The minimum atomic E-state index is -0.469. The van der Waals surface area contributed by atoms with Crippen LogP contribution >= 0.6 is 0 Å². The van der Waals surface area contributed by atoms with Gasteiger partial charge in [-0.1, -0.05) is 188 Å². The predicted octanol–water partition coefficient (Wildman–Crippen LogP) is 18.3. The number of benzene rings is 11. The van der Waals surface area contributed by atoms with E-state index in [2.05, 4.69) is 176 Å². The molecule has 0 fully saturated rings. The molecule has 0 saturated heterocycles. The zero-order valence-electron chi connectivity index (χ0n) is 40.7. The summed E-state index contributed by atoms with van der Waals surface area (Å²) in [7, 11) is 0. The van der Waals surface area contributed by atoms with Crippen LogP contribution in [0.5, 0.6) is 0 Å². The Balaban J connectivity index is 0.825. The Morgan fingerprint density at radius 2 is 0.684 bits per heavy atom. The molecule has 4 heterocycles. The first-order valence-electron chi connectivity index (χ1n) is 25.6. The molecule has 0 spiro atoms. The SMILES string of the molecule is c1ccc(C2(c3ccccc3)c3ccccc3-c3ccc(-c4ccc(-c5ccc6oc7cccc(-c8nc(-c9ccc%10oc%11ccccc%11c%10c9)nc(-c9cccc%10oc%11ccccc%11c9%10)n8)c7c6c5)cc4)cc32)cc1. The van der Waals surface area contributed by atoms with Crippen LogP contribution in [0.4, 0.5) is 0 Å². The summed E-state index contributed by atoms with van der Waals surface area (Å²) < 4.78 is 19.2. The van der Waals surface area contributed by atoms with Crippen LogP contribution in [0.2, 0.25) is 0 Å². The quantitative estimate of drug-likeness (QED) is 0.158. The van der Waals surface area contributed by atoms with Gasteiger partial charge in [0.25, 0.3) is 0 Å². The van der Waals surface area contributed by atoms with Crippen LogP contribution in [0.3, 0.4) is 0 Å². The molecule has 354 valence electrons. The minimum absolute atomic E-state index is 0.469. The second-order valence-electron chi connectivity index (χ2n) is 19.7. The molecule has 0 bridgehead atoms. The van der Waals surface area contributed by atoms with Gasteiger partial charge in [-0.05, 0) is 116 Å². The fourth-order valence-corrected chi connectivity index (χ4v) is 12.2. The molecule has 0 radical (unpaired) electrons. The minimum Gasteiger partial charge on any atom is -0.456 e. The number of furan rings is 3. The lowest BCUT2D eigenvalue weighted by Crippen LogP contribution is -2.28. The topological polar surface area (TPSA) is 78.1 Å². The maximum absolute atomic E-state index is 6.63. The van der Waals surface area contributed by atoms with Crippen molar-refractivity contribution in [3.05, 3.63) is 271 Å². The van der Waals surface area contributed by atoms with E-state index in [9.17, 15) is 0 Å². The zero-order valence-corrected chi connectivity index (χ0v) is 40.7. The molecule has 1 aliphatic rings. The molecule has 15 aromatic rings. The van der Waals surface area contributed by atoms with Crippen LogP contribution in [0.15, 0.2) is 262 Å². The van der Waals surface area contributed by atoms with Gasteiger partial charge >= 0.3 is 0 Å². The molecule has 0 aliphatic heterocycles. The summed E-state index contributed by atoms with van der Waals surface area (Å²) in [5.41, 5.74) is 18.9. The van der Waals surface area contributed by atoms with E-state index in [1.807, 2.05) is 72.8 Å². The number of para-hydroxylation sites is 2. The number of rotatable bonds is 7. The molecule has 0 unspecified atom stereocenters. The van der Waals surface area contributed by atoms with E-state index in [4.69, 9.17) is 28.2 Å². The molecule has 76 heavy (non-hydrogen) atoms. The van der Waals surface area contributed by atoms with E-state index in [1.165, 1.54) is 38.9 Å². The van der Waals surface area contributed by atoms with Crippen LogP contribution < -0.4 is 0 Å². The van der Waals surface area contributed by atoms with Crippen molar-refractivity contribution in [3.8, 4) is 67.5 Å². The maximum atomic E-state index is 6.63. The Hall–Kier alpha value is -10.2. The molecular formula is C70H41N3O3. The van der Waals surface area contributed by atoms with E-state index in [-0.39, 0.29) is 0 Å². The summed E-state index contributed by atoms with van der Waals surface area (Å²) in [6.45, 7) is 0. The van der Waals surface area contributed by atoms with Gasteiger partial charge < -0.3 is 13.3 Å². The van der Waals surface area contributed by atoms with Crippen molar-refractivity contribution in [2.45, 2.75) is 5.41 Å². The molecule has 6 heteroatoms. The summed E-state index contributed by atoms with van der Waals surface area (Å²) in [6.07, 6.45) is 0. The van der Waals surface area contributed by atoms with Gasteiger partial charge in [0.2, 0.25) is 0 Å². The van der Waals surface area contributed by atoms with Crippen molar-refractivity contribution >= 4 is 65.8 Å². The van der Waals surface area contributed by atoms with Crippen molar-refractivity contribution in [2.24, 2.45) is 0 Å². The Kier molecular flexibility index (Phi) is 9.15. The molecule has 4 aromatic heterocycles. The smallest absolute Gasteiger partial charge is 0.164 e. The fourth-order valence-electron chi connectivity index (χ4n) is 12.2. The van der Waals surface area contributed by atoms with Crippen molar-refractivity contribution in [1.82, 2.24) is 15.0 Å². The van der Waals surface area contributed by atoms with Gasteiger partial charge in [-0.3, -0.25) is 0 Å². The highest BCUT2D eigenvalue weighted by atomic mass is 16.3. The van der Waals surface area contributed by atoms with Crippen LogP contribution in [0.1, 0.15) is 22.3 Å². The first-order chi connectivity index (χ1) is 37.6. The average molecular weight is 972 g/mol. The number of aromatic nitrogens is 3. The monoisotopic (exact) mass is 971 g/mol. The molecule has 6 nitrogen and oxygen atoms in total. The van der Waals surface area contributed by atoms with Gasteiger partial charge in [-0.2, -0.15) is 0 Å². The molecule has 1 aliphatic carbocycles. The second kappa shape index (κ2) is 16.4. The van der Waals surface area contributed by atoms with E-state index >= 15 is 0 Å². The average Bonchev–Trinajstić information content (AvgIpc) is 4.27. The van der Waals surface area contributed by atoms with Gasteiger partial charge in [0.05, 0.1) is 5.41 Å². The highest BCUT2D eigenvalue weighted by Gasteiger charge is 2.46. The van der Waals surface area contributed by atoms with Gasteiger partial charge in [-0.15, -0.1) is 0 Å². The van der Waals surface area contributed by atoms with E-state index in [1.54, 1.807) is 0 Å². The molecule has 0 saturated carbocycles. The van der Waals surface area contributed by atoms with Crippen LogP contribution in [-0.2, 0) is 5.41 Å². The van der Waals surface area contributed by atoms with Crippen molar-refractivity contribution in [3.63, 3.8) is 0 Å². The van der Waals surface area contributed by atoms with Crippen molar-refractivity contribution in [1.29, 1.82) is 0 Å². The Bertz CT molecular complexity index is 4780. The number of hydrogen-bond acceptors (Lipinski definition) is 6. The summed E-state index contributed by atoms with van der Waals surface area (Å²) >= 11 is 0. The van der Waals surface area contributed by atoms with E-state index in [0.717, 1.165) is 99.2 Å². The highest BCUT2D eigenvalue weighted by molar-refractivity contribution is 6.14. The first-order valence-corrected chi connectivity index (χ1v) is 25.6. The third-order valence-electron chi connectivity index (χ3n) is 15.7.